The van der Waals surface area contributed by atoms with Crippen LogP contribution in [-0.4, -0.2) is 0 Å². The molecule has 0 aromatic heterocycles. The van der Waals surface area contributed by atoms with Gasteiger partial charge in [-0.1, -0.05) is 0 Å². The Morgan fingerprint density at radius 1 is 1.75 bits per heavy atom. The first-order chi connectivity index (χ1) is 1.41. The van der Waals surface area contributed by atoms with Crippen molar-refractivity contribution in [1.82, 2.24) is 0 Å². The summed E-state index contributed by atoms with van der Waals surface area (Å²) < 4.78 is 0. The van der Waals surface area contributed by atoms with Crippen molar-refractivity contribution in [2.45, 2.75) is 0 Å². The molecule has 0 spiro atoms. The van der Waals surface area contributed by atoms with E-state index >= 15 is 0 Å². The molecular weight excluding hydrogens is 101 g/mol. The van der Waals surface area contributed by atoms with E-state index in [2.05, 4.69) is 0 Å². The van der Waals surface area contributed by atoms with Crippen LogP contribution in [0, 0.1) is 5.53 Å². The average molecular weight is 102 g/mol. The molecule has 0 aliphatic carbocycles. The van der Waals surface area contributed by atoms with Crippen LogP contribution >= 0.6 is 0 Å². The van der Waals surface area contributed by atoms with Gasteiger partial charge in [-0.05, 0) is 10.4 Å². The first kappa shape index (κ1) is 9.18. The number of nitrogens with zero attached hydrogens (tertiary/aromatic N) is 2. The van der Waals surface area contributed by atoms with Gasteiger partial charge < -0.3 is 0 Å². The third-order valence-corrected chi connectivity index (χ3v) is 0. The van der Waals surface area contributed by atoms with E-state index in [4.69, 9.17) is 11.1 Å². The van der Waals surface area contributed by atoms with Crippen LogP contribution in [0.3, 0.4) is 0 Å². The van der Waals surface area contributed by atoms with Crippen molar-refractivity contribution in [2.75, 3.05) is 0 Å². The van der Waals surface area contributed by atoms with E-state index in [1.54, 1.807) is 4.91 Å². The van der Waals surface area contributed by atoms with Gasteiger partial charge in [0.15, 0.2) is 0 Å². The van der Waals surface area contributed by atoms with Gasteiger partial charge in [0.25, 0.3) is 0 Å². The topological polar surface area (TPSA) is 60.3 Å². The van der Waals surface area contributed by atoms with Gasteiger partial charge in [0.1, 0.15) is 0 Å². The minimum atomic E-state index is 0. The second-order valence-electron chi connectivity index (χ2n) is 0.100. The SMILES string of the molecule is [Co].[N-]=[N+]=N. The molecular formula is HCoN3. The van der Waals surface area contributed by atoms with Gasteiger partial charge in [-0.25, -0.2) is 0 Å². The molecule has 3 nitrogen and oxygen atoms in total. The molecule has 1 radical (unpaired) electrons. The van der Waals surface area contributed by atoms with Crippen molar-refractivity contribution < 1.29 is 16.8 Å². The molecule has 0 aromatic carbocycles. The summed E-state index contributed by atoms with van der Waals surface area (Å²) in [7, 11) is 0. The predicted octanol–water partition coefficient (Wildman–Crippen LogP) is 0.873. The van der Waals surface area contributed by atoms with Crippen molar-refractivity contribution >= 4 is 0 Å². The van der Waals surface area contributed by atoms with E-state index in [0.717, 1.165) is 0 Å². The monoisotopic (exact) mass is 102 g/mol. The Kier molecular flexibility index (Phi) is 32.0. The minimum Gasteiger partial charge on any atom is -0.108 e. The first-order valence-corrected chi connectivity index (χ1v) is 0.424. The van der Waals surface area contributed by atoms with E-state index in [-0.39, 0.29) is 16.8 Å². The molecule has 0 bridgehead atoms. The van der Waals surface area contributed by atoms with E-state index in [1.165, 1.54) is 0 Å². The van der Waals surface area contributed by atoms with Gasteiger partial charge >= 0.3 is 0 Å². The summed E-state index contributed by atoms with van der Waals surface area (Å²) in [5.74, 6) is 0. The van der Waals surface area contributed by atoms with Gasteiger partial charge in [0.2, 0.25) is 0 Å². The Morgan fingerprint density at radius 3 is 1.75 bits per heavy atom. The quantitative estimate of drug-likeness (QED) is 0.268. The van der Waals surface area contributed by atoms with Crippen LogP contribution in [0.2, 0.25) is 0 Å². The predicted molar refractivity (Wildman–Crippen MR) is 9.44 cm³/mol. The molecule has 0 atom stereocenters. The third kappa shape index (κ3) is 36.0. The van der Waals surface area contributed by atoms with Gasteiger partial charge in [-0.2, -0.15) is 0 Å². The summed E-state index contributed by atoms with van der Waals surface area (Å²) in [5.41, 5.74) is 12.2. The zero-order valence-corrected chi connectivity index (χ0v) is 2.77. The molecule has 0 aromatic rings. The standard InChI is InChI=1S/Co.HN3/c;1-3-2/h;1H. The molecule has 4 heavy (non-hydrogen) atoms. The Morgan fingerprint density at radius 2 is 1.75 bits per heavy atom. The Hall–Kier alpha value is -0.184. The molecule has 0 fully saturated rings. The molecule has 0 unspecified atom stereocenters. The first-order valence-electron chi connectivity index (χ1n) is 0.424. The van der Waals surface area contributed by atoms with Crippen LogP contribution in [0.25, 0.3) is 10.4 Å². The molecule has 0 saturated carbocycles. The number of rotatable bonds is 0. The molecule has 0 saturated heterocycles. The molecule has 0 aliphatic rings. The van der Waals surface area contributed by atoms with Gasteiger partial charge in [-0.3, -0.25) is 0 Å². The maximum absolute atomic E-state index is 6.86. The largest absolute Gasteiger partial charge is 0.108 e. The van der Waals surface area contributed by atoms with E-state index in [1.807, 2.05) is 0 Å². The summed E-state index contributed by atoms with van der Waals surface area (Å²) >= 11 is 0. The smallest absolute Gasteiger partial charge is 0 e. The van der Waals surface area contributed by atoms with Crippen LogP contribution in [0.1, 0.15) is 0 Å². The Bertz CT molecular complexity index is 24.3. The summed E-state index contributed by atoms with van der Waals surface area (Å²) in [6, 6.07) is 0. The average Bonchev–Trinajstić information content (AvgIpc) is 0.918. The summed E-state index contributed by atoms with van der Waals surface area (Å²) in [5, 5.41) is 0. The molecule has 0 heterocycles. The third-order valence-electron chi connectivity index (χ3n) is 0. The van der Waals surface area contributed by atoms with Crippen LogP contribution in [0.15, 0.2) is 0 Å². The van der Waals surface area contributed by atoms with Crippen molar-refractivity contribution in [3.63, 3.8) is 0 Å². The molecule has 0 rings (SSSR count). The Labute approximate surface area is 33.6 Å². The zero-order valence-electron chi connectivity index (χ0n) is 1.73. The minimum absolute atomic E-state index is 0. The van der Waals surface area contributed by atoms with Gasteiger partial charge in [-0.15, -0.1) is 5.53 Å². The van der Waals surface area contributed by atoms with Gasteiger partial charge in [0.05, 0.1) is 0 Å². The van der Waals surface area contributed by atoms with Gasteiger partial charge in [0, 0.05) is 16.8 Å². The number of hydrogen-bond donors (Lipinski definition) is 1. The van der Waals surface area contributed by atoms with Crippen LogP contribution in [0.4, 0.5) is 0 Å². The van der Waals surface area contributed by atoms with Crippen LogP contribution in [-0.2, 0) is 16.8 Å². The summed E-state index contributed by atoms with van der Waals surface area (Å²) in [6.07, 6.45) is 0. The molecule has 25 valence electrons. The molecule has 4 heteroatoms. The normalized spacial score (nSPS) is 2.00. The Balaban J connectivity index is 0. The number of nitrogens with one attached hydrogen (secondary N) is 1. The molecule has 0 amide bonds. The maximum atomic E-state index is 6.86. The fraction of sp³-hybridized carbons (Fsp3) is 0. The van der Waals surface area contributed by atoms with E-state index < -0.39 is 0 Å². The van der Waals surface area contributed by atoms with Crippen LogP contribution < -0.4 is 0 Å². The molecule has 1 N–H and O–H groups in total. The zero-order chi connectivity index (χ0) is 2.71. The van der Waals surface area contributed by atoms with Crippen molar-refractivity contribution in [3.05, 3.63) is 10.4 Å². The maximum Gasteiger partial charge on any atom is 0 e. The second kappa shape index (κ2) is 13.9. The fourth-order valence-corrected chi connectivity index (χ4v) is 0. The van der Waals surface area contributed by atoms with Crippen molar-refractivity contribution in [3.8, 4) is 0 Å². The summed E-state index contributed by atoms with van der Waals surface area (Å²) in [4.78, 5) is 1.75. The fourth-order valence-electron chi connectivity index (χ4n) is 0. The van der Waals surface area contributed by atoms with Crippen molar-refractivity contribution in [2.24, 2.45) is 0 Å². The van der Waals surface area contributed by atoms with E-state index in [9.17, 15) is 0 Å². The molecule has 0 aliphatic heterocycles. The van der Waals surface area contributed by atoms with Crippen LogP contribution in [0.5, 0.6) is 0 Å². The van der Waals surface area contributed by atoms with Crippen molar-refractivity contribution in [1.29, 1.82) is 5.53 Å². The second-order valence-corrected chi connectivity index (χ2v) is 0.100. The number of hydrogen-bond acceptors (Lipinski definition) is 1. The van der Waals surface area contributed by atoms with E-state index in [0.29, 0.717) is 0 Å². The summed E-state index contributed by atoms with van der Waals surface area (Å²) in [6.45, 7) is 0.